The highest BCUT2D eigenvalue weighted by Gasteiger charge is 2.50. The Balaban J connectivity index is 2.25. The van der Waals surface area contributed by atoms with Crippen molar-refractivity contribution in [2.75, 3.05) is 11.5 Å². The molecular formula is C16H26N2O5S. The van der Waals surface area contributed by atoms with Crippen LogP contribution in [0.5, 0.6) is 0 Å². The monoisotopic (exact) mass is 358 g/mol. The Morgan fingerprint density at radius 1 is 1.33 bits per heavy atom. The Bertz CT molecular complexity index is 519. The third-order valence-electron chi connectivity index (χ3n) is 4.02. The first kappa shape index (κ1) is 20.5. The van der Waals surface area contributed by atoms with E-state index in [1.54, 1.807) is 0 Å². The number of carbonyl (C=O) groups excluding carboxylic acids is 1. The zero-order valence-corrected chi connectivity index (χ0v) is 14.9. The summed E-state index contributed by atoms with van der Waals surface area (Å²) in [6.07, 6.45) is 4.44. The van der Waals surface area contributed by atoms with Crippen molar-refractivity contribution in [1.82, 2.24) is 5.32 Å². The van der Waals surface area contributed by atoms with Crippen molar-refractivity contribution in [3.63, 3.8) is 0 Å². The summed E-state index contributed by atoms with van der Waals surface area (Å²) in [4.78, 5) is 33.7. The number of allylic oxidation sites excluding steroid dienone is 1. The maximum atomic E-state index is 12.0. The number of carboxylic acids is 2. The van der Waals surface area contributed by atoms with Gasteiger partial charge < -0.3 is 21.3 Å². The number of unbranched alkanes of at least 4 members (excludes halogenated alkanes) is 2. The fourth-order valence-electron chi connectivity index (χ4n) is 2.20. The average molecular weight is 358 g/mol. The third kappa shape index (κ3) is 6.92. The Hall–Kier alpha value is -1.54. The van der Waals surface area contributed by atoms with Gasteiger partial charge in [0, 0.05) is 11.7 Å². The molecule has 1 aliphatic carbocycles. The smallest absolute Gasteiger partial charge is 0.352 e. The second-order valence-corrected chi connectivity index (χ2v) is 7.82. The van der Waals surface area contributed by atoms with Gasteiger partial charge in [0.25, 0.3) is 0 Å². The van der Waals surface area contributed by atoms with Crippen LogP contribution in [0.1, 0.15) is 39.5 Å². The van der Waals surface area contributed by atoms with Crippen LogP contribution in [-0.2, 0) is 14.4 Å². The van der Waals surface area contributed by atoms with Crippen LogP contribution >= 0.6 is 11.8 Å². The maximum absolute atomic E-state index is 12.0. The Morgan fingerprint density at radius 2 is 1.96 bits per heavy atom. The number of aliphatic carboxylic acids is 2. The van der Waals surface area contributed by atoms with Crippen molar-refractivity contribution in [2.24, 2.45) is 17.1 Å². The molecule has 1 rings (SSSR count). The van der Waals surface area contributed by atoms with Crippen molar-refractivity contribution in [3.8, 4) is 0 Å². The van der Waals surface area contributed by atoms with Gasteiger partial charge in [-0.1, -0.05) is 19.9 Å². The van der Waals surface area contributed by atoms with Crippen molar-refractivity contribution in [2.45, 2.75) is 45.6 Å². The van der Waals surface area contributed by atoms with Gasteiger partial charge in [-0.15, -0.1) is 0 Å². The second-order valence-electron chi connectivity index (χ2n) is 6.67. The Kier molecular flexibility index (Phi) is 7.75. The highest BCUT2D eigenvalue weighted by atomic mass is 32.2. The number of hydrogen-bond acceptors (Lipinski definition) is 5. The molecule has 2 atom stereocenters. The van der Waals surface area contributed by atoms with Crippen molar-refractivity contribution < 1.29 is 24.6 Å². The number of hydrogen-bond donors (Lipinski definition) is 4. The van der Waals surface area contributed by atoms with E-state index in [1.165, 1.54) is 17.8 Å². The number of nitrogens with one attached hydrogen (secondary N) is 1. The molecule has 0 aromatic carbocycles. The minimum Gasteiger partial charge on any atom is -0.480 e. The first-order valence-electron chi connectivity index (χ1n) is 7.95. The second kappa shape index (κ2) is 9.08. The lowest BCUT2D eigenvalue weighted by atomic mass is 10.1. The van der Waals surface area contributed by atoms with Crippen LogP contribution in [0.15, 0.2) is 11.8 Å². The summed E-state index contributed by atoms with van der Waals surface area (Å²) in [6.45, 7) is 3.96. The molecule has 5 N–H and O–H groups in total. The normalized spacial score (nSPS) is 20.3. The number of carboxylic acid groups (broad SMARTS) is 2. The van der Waals surface area contributed by atoms with E-state index in [9.17, 15) is 14.4 Å². The van der Waals surface area contributed by atoms with Gasteiger partial charge in [0.15, 0.2) is 0 Å². The molecule has 1 fully saturated rings. The van der Waals surface area contributed by atoms with E-state index in [-0.39, 0.29) is 22.9 Å². The van der Waals surface area contributed by atoms with E-state index in [1.807, 2.05) is 13.8 Å². The van der Waals surface area contributed by atoms with Crippen LogP contribution in [0, 0.1) is 11.3 Å². The first-order chi connectivity index (χ1) is 11.1. The molecule has 24 heavy (non-hydrogen) atoms. The molecule has 0 aliphatic heterocycles. The molecule has 7 nitrogen and oxygen atoms in total. The molecule has 136 valence electrons. The summed E-state index contributed by atoms with van der Waals surface area (Å²) in [5, 5.41) is 20.3. The Morgan fingerprint density at radius 3 is 2.46 bits per heavy atom. The van der Waals surface area contributed by atoms with Gasteiger partial charge in [-0.05, 0) is 36.9 Å². The molecule has 0 heterocycles. The highest BCUT2D eigenvalue weighted by molar-refractivity contribution is 7.99. The van der Waals surface area contributed by atoms with Gasteiger partial charge in [0.2, 0.25) is 5.91 Å². The summed E-state index contributed by atoms with van der Waals surface area (Å²) in [7, 11) is 0. The maximum Gasteiger partial charge on any atom is 0.352 e. The summed E-state index contributed by atoms with van der Waals surface area (Å²) >= 11 is 1.46. The minimum atomic E-state index is -1.14. The van der Waals surface area contributed by atoms with Crippen molar-refractivity contribution >= 4 is 29.6 Å². The van der Waals surface area contributed by atoms with E-state index in [2.05, 4.69) is 5.32 Å². The average Bonchev–Trinajstić information content (AvgIpc) is 3.13. The van der Waals surface area contributed by atoms with Crippen LogP contribution < -0.4 is 11.1 Å². The van der Waals surface area contributed by atoms with Crippen molar-refractivity contribution in [3.05, 3.63) is 11.8 Å². The summed E-state index contributed by atoms with van der Waals surface area (Å²) in [5.74, 6) is -1.37. The van der Waals surface area contributed by atoms with Gasteiger partial charge in [0.05, 0.1) is 0 Å². The molecule has 0 saturated heterocycles. The quantitative estimate of drug-likeness (QED) is 0.325. The van der Waals surface area contributed by atoms with Crippen LogP contribution in [0.3, 0.4) is 0 Å². The highest BCUT2D eigenvalue weighted by Crippen LogP contribution is 2.51. The summed E-state index contributed by atoms with van der Waals surface area (Å²) < 4.78 is 0. The lowest BCUT2D eigenvalue weighted by molar-refractivity contribution is -0.138. The van der Waals surface area contributed by atoms with Crippen molar-refractivity contribution in [1.29, 1.82) is 0 Å². The predicted molar refractivity (Wildman–Crippen MR) is 92.5 cm³/mol. The lowest BCUT2D eigenvalue weighted by Crippen LogP contribution is -2.32. The molecule has 1 saturated carbocycles. The van der Waals surface area contributed by atoms with E-state index >= 15 is 0 Å². The largest absolute Gasteiger partial charge is 0.480 e. The van der Waals surface area contributed by atoms with Gasteiger partial charge in [-0.3, -0.25) is 9.59 Å². The molecule has 0 aromatic heterocycles. The number of thioether (sulfide) groups is 1. The zero-order chi connectivity index (χ0) is 18.3. The molecule has 0 bridgehead atoms. The van der Waals surface area contributed by atoms with Gasteiger partial charge >= 0.3 is 11.9 Å². The van der Waals surface area contributed by atoms with Crippen LogP contribution in [-0.4, -0.2) is 45.6 Å². The topological polar surface area (TPSA) is 130 Å². The fraction of sp³-hybridized carbons (Fsp3) is 0.688. The number of nitrogens with two attached hydrogens (primary N) is 1. The Labute approximate surface area is 146 Å². The van der Waals surface area contributed by atoms with E-state index < -0.39 is 18.0 Å². The van der Waals surface area contributed by atoms with E-state index in [0.717, 1.165) is 25.0 Å². The zero-order valence-electron chi connectivity index (χ0n) is 14.1. The van der Waals surface area contributed by atoms with E-state index in [4.69, 9.17) is 15.9 Å². The summed E-state index contributed by atoms with van der Waals surface area (Å²) in [6, 6.07) is -0.851. The van der Waals surface area contributed by atoms with Gasteiger partial charge in [-0.25, -0.2) is 4.79 Å². The van der Waals surface area contributed by atoms with Gasteiger partial charge in [0.1, 0.15) is 11.7 Å². The molecule has 1 aliphatic rings. The molecule has 8 heteroatoms. The first-order valence-corrected chi connectivity index (χ1v) is 9.11. The molecule has 1 amide bonds. The van der Waals surface area contributed by atoms with Crippen LogP contribution in [0.25, 0.3) is 0 Å². The number of amides is 1. The SMILES string of the molecule is CC1(C)CC1C(=O)N/C(=C\CCCCSCC(N)C(=O)O)C(=O)O. The number of rotatable bonds is 11. The minimum absolute atomic E-state index is 0.0400. The predicted octanol–water partition coefficient (Wildman–Crippen LogP) is 1.43. The third-order valence-corrected chi connectivity index (χ3v) is 5.20. The molecule has 0 aromatic rings. The molecular weight excluding hydrogens is 332 g/mol. The molecule has 2 unspecified atom stereocenters. The van der Waals surface area contributed by atoms with E-state index in [0.29, 0.717) is 12.2 Å². The molecule has 0 radical (unpaired) electrons. The lowest BCUT2D eigenvalue weighted by Gasteiger charge is -2.08. The summed E-state index contributed by atoms with van der Waals surface area (Å²) in [5.41, 5.74) is 5.28. The van der Waals surface area contributed by atoms with Crippen LogP contribution in [0.4, 0.5) is 0 Å². The number of carbonyl (C=O) groups is 3. The van der Waals surface area contributed by atoms with Crippen LogP contribution in [0.2, 0.25) is 0 Å². The fourth-order valence-corrected chi connectivity index (χ4v) is 3.17. The molecule has 0 spiro atoms. The standard InChI is InChI=1S/C16H26N2O5S/c1-16(2)8-10(16)13(19)18-12(15(22)23)6-4-3-5-7-24-9-11(17)14(20)21/h6,10-11H,3-5,7-9,17H2,1-2H3,(H,18,19)(H,20,21)(H,22,23)/b12-6-. The van der Waals surface area contributed by atoms with Gasteiger partial charge in [-0.2, -0.15) is 11.8 Å².